The van der Waals surface area contributed by atoms with Crippen LogP contribution in [0.5, 0.6) is 0 Å². The maximum absolute atomic E-state index is 12.0. The lowest BCUT2D eigenvalue weighted by molar-refractivity contribution is -0.138. The van der Waals surface area contributed by atoms with Gasteiger partial charge in [-0.15, -0.1) is 12.4 Å². The van der Waals surface area contributed by atoms with Crippen molar-refractivity contribution in [3.05, 3.63) is 35.9 Å². The Morgan fingerprint density at radius 3 is 2.85 bits per heavy atom. The molecule has 1 N–H and O–H groups in total. The van der Waals surface area contributed by atoms with Crippen LogP contribution in [-0.4, -0.2) is 49.7 Å². The van der Waals surface area contributed by atoms with Crippen molar-refractivity contribution in [3.8, 4) is 0 Å². The van der Waals surface area contributed by atoms with Crippen LogP contribution in [0.2, 0.25) is 0 Å². The van der Waals surface area contributed by atoms with Gasteiger partial charge in [-0.2, -0.15) is 0 Å². The van der Waals surface area contributed by atoms with E-state index in [1.165, 1.54) is 5.56 Å². The SMILES string of the molecule is C[C@@H]1CNCCN1C(=O)COCCc1ccccc1.Cl. The second-order valence-electron chi connectivity index (χ2n) is 4.93. The average Bonchev–Trinajstić information content (AvgIpc) is 2.45. The topological polar surface area (TPSA) is 41.6 Å². The zero-order valence-corrected chi connectivity index (χ0v) is 12.7. The third kappa shape index (κ3) is 5.12. The van der Waals surface area contributed by atoms with Crippen LogP contribution in [0.1, 0.15) is 12.5 Å². The van der Waals surface area contributed by atoms with Crippen molar-refractivity contribution in [2.75, 3.05) is 32.8 Å². The zero-order chi connectivity index (χ0) is 13.5. The largest absolute Gasteiger partial charge is 0.371 e. The molecule has 112 valence electrons. The number of piperazine rings is 1. The predicted molar refractivity (Wildman–Crippen MR) is 82.3 cm³/mol. The second kappa shape index (κ2) is 8.95. The Bertz CT molecular complexity index is 400. The number of amides is 1. The van der Waals surface area contributed by atoms with Crippen molar-refractivity contribution in [3.63, 3.8) is 0 Å². The first-order chi connectivity index (χ1) is 9.27. The summed E-state index contributed by atoms with van der Waals surface area (Å²) in [4.78, 5) is 13.9. The normalized spacial score (nSPS) is 18.4. The summed E-state index contributed by atoms with van der Waals surface area (Å²) in [5.41, 5.74) is 1.24. The average molecular weight is 299 g/mol. The van der Waals surface area contributed by atoms with Gasteiger partial charge in [0.25, 0.3) is 0 Å². The van der Waals surface area contributed by atoms with Crippen LogP contribution in [0.4, 0.5) is 0 Å². The first kappa shape index (κ1) is 17.0. The van der Waals surface area contributed by atoms with Gasteiger partial charge in [-0.05, 0) is 18.9 Å². The van der Waals surface area contributed by atoms with E-state index in [9.17, 15) is 4.79 Å². The molecule has 4 nitrogen and oxygen atoms in total. The quantitative estimate of drug-likeness (QED) is 0.838. The van der Waals surface area contributed by atoms with Crippen molar-refractivity contribution in [2.24, 2.45) is 0 Å². The molecule has 1 heterocycles. The molecule has 5 heteroatoms. The van der Waals surface area contributed by atoms with Crippen molar-refractivity contribution in [2.45, 2.75) is 19.4 Å². The minimum Gasteiger partial charge on any atom is -0.371 e. The third-order valence-corrected chi connectivity index (χ3v) is 3.43. The van der Waals surface area contributed by atoms with Gasteiger partial charge in [0, 0.05) is 25.7 Å². The minimum atomic E-state index is 0. The van der Waals surface area contributed by atoms with Crippen LogP contribution in [0.15, 0.2) is 30.3 Å². The van der Waals surface area contributed by atoms with Crippen molar-refractivity contribution in [1.82, 2.24) is 10.2 Å². The van der Waals surface area contributed by atoms with Gasteiger partial charge in [-0.3, -0.25) is 4.79 Å². The van der Waals surface area contributed by atoms with Gasteiger partial charge in [0.05, 0.1) is 6.61 Å². The minimum absolute atomic E-state index is 0. The molecule has 1 aromatic carbocycles. The van der Waals surface area contributed by atoms with E-state index >= 15 is 0 Å². The molecule has 0 aromatic heterocycles. The third-order valence-electron chi connectivity index (χ3n) is 3.43. The van der Waals surface area contributed by atoms with Gasteiger partial charge < -0.3 is 15.0 Å². The molecule has 1 atom stereocenters. The molecule has 1 aliphatic rings. The summed E-state index contributed by atoms with van der Waals surface area (Å²) in [6.07, 6.45) is 0.852. The molecule has 1 aliphatic heterocycles. The van der Waals surface area contributed by atoms with Crippen LogP contribution in [0.3, 0.4) is 0 Å². The fraction of sp³-hybridized carbons (Fsp3) is 0.533. The number of hydrogen-bond acceptors (Lipinski definition) is 3. The highest BCUT2D eigenvalue weighted by molar-refractivity contribution is 5.85. The lowest BCUT2D eigenvalue weighted by Gasteiger charge is -2.33. The summed E-state index contributed by atoms with van der Waals surface area (Å²) >= 11 is 0. The molecule has 0 radical (unpaired) electrons. The fourth-order valence-electron chi connectivity index (χ4n) is 2.29. The Labute approximate surface area is 126 Å². The van der Waals surface area contributed by atoms with E-state index in [-0.39, 0.29) is 31.0 Å². The molecule has 1 saturated heterocycles. The van der Waals surface area contributed by atoms with E-state index in [1.807, 2.05) is 23.1 Å². The van der Waals surface area contributed by atoms with Crippen LogP contribution in [-0.2, 0) is 16.0 Å². The summed E-state index contributed by atoms with van der Waals surface area (Å²) in [6, 6.07) is 10.4. The summed E-state index contributed by atoms with van der Waals surface area (Å²) in [6.45, 7) is 5.37. The summed E-state index contributed by atoms with van der Waals surface area (Å²) < 4.78 is 5.49. The number of carbonyl (C=O) groups is 1. The number of ether oxygens (including phenoxy) is 1. The first-order valence-electron chi connectivity index (χ1n) is 6.89. The Morgan fingerprint density at radius 1 is 1.40 bits per heavy atom. The number of nitrogens with zero attached hydrogens (tertiary/aromatic N) is 1. The highest BCUT2D eigenvalue weighted by Gasteiger charge is 2.22. The summed E-state index contributed by atoms with van der Waals surface area (Å²) in [5.74, 6) is 0.0991. The molecule has 0 unspecified atom stereocenters. The van der Waals surface area contributed by atoms with Gasteiger partial charge in [0.15, 0.2) is 0 Å². The smallest absolute Gasteiger partial charge is 0.248 e. The Morgan fingerprint density at radius 2 is 2.15 bits per heavy atom. The molecule has 1 fully saturated rings. The molecule has 20 heavy (non-hydrogen) atoms. The van der Waals surface area contributed by atoms with Gasteiger partial charge in [0.1, 0.15) is 6.61 Å². The van der Waals surface area contributed by atoms with Crippen molar-refractivity contribution in [1.29, 1.82) is 0 Å². The van der Waals surface area contributed by atoms with Crippen LogP contribution >= 0.6 is 12.4 Å². The van der Waals surface area contributed by atoms with Crippen molar-refractivity contribution < 1.29 is 9.53 Å². The number of hydrogen-bond donors (Lipinski definition) is 1. The highest BCUT2D eigenvalue weighted by Crippen LogP contribution is 2.04. The zero-order valence-electron chi connectivity index (χ0n) is 11.9. The molecular weight excluding hydrogens is 276 g/mol. The molecule has 0 bridgehead atoms. The van der Waals surface area contributed by atoms with Crippen LogP contribution in [0, 0.1) is 0 Å². The van der Waals surface area contributed by atoms with Gasteiger partial charge >= 0.3 is 0 Å². The molecule has 2 rings (SSSR count). The number of benzene rings is 1. The van der Waals surface area contributed by atoms with E-state index in [2.05, 4.69) is 24.4 Å². The van der Waals surface area contributed by atoms with Gasteiger partial charge in [0.2, 0.25) is 5.91 Å². The Kier molecular flexibility index (Phi) is 7.59. The Hall–Kier alpha value is -1.10. The van der Waals surface area contributed by atoms with E-state index in [4.69, 9.17) is 4.74 Å². The first-order valence-corrected chi connectivity index (χ1v) is 6.89. The summed E-state index contributed by atoms with van der Waals surface area (Å²) in [5, 5.41) is 3.27. The standard InChI is InChI=1S/C15H22N2O2.ClH/c1-13-11-16-8-9-17(13)15(18)12-19-10-7-14-5-3-2-4-6-14;/h2-6,13,16H,7-12H2,1H3;1H/t13-;/m1./s1. The lowest BCUT2D eigenvalue weighted by Crippen LogP contribution is -2.53. The van der Waals surface area contributed by atoms with Gasteiger partial charge in [-0.25, -0.2) is 0 Å². The maximum atomic E-state index is 12.0. The second-order valence-corrected chi connectivity index (χ2v) is 4.93. The lowest BCUT2D eigenvalue weighted by atomic mass is 10.2. The van der Waals surface area contributed by atoms with Crippen LogP contribution in [0.25, 0.3) is 0 Å². The highest BCUT2D eigenvalue weighted by atomic mass is 35.5. The van der Waals surface area contributed by atoms with Crippen LogP contribution < -0.4 is 5.32 Å². The Balaban J connectivity index is 0.00000200. The predicted octanol–water partition coefficient (Wildman–Crippen LogP) is 1.49. The fourth-order valence-corrected chi connectivity index (χ4v) is 2.29. The molecule has 0 aliphatic carbocycles. The number of carbonyl (C=O) groups excluding carboxylic acids is 1. The van der Waals surface area contributed by atoms with E-state index < -0.39 is 0 Å². The number of nitrogens with one attached hydrogen (secondary N) is 1. The number of rotatable bonds is 5. The van der Waals surface area contributed by atoms with E-state index in [0.717, 1.165) is 26.1 Å². The monoisotopic (exact) mass is 298 g/mol. The molecule has 1 aromatic rings. The van der Waals surface area contributed by atoms with E-state index in [1.54, 1.807) is 0 Å². The molecular formula is C15H23ClN2O2. The molecule has 1 amide bonds. The summed E-state index contributed by atoms with van der Waals surface area (Å²) in [7, 11) is 0. The molecule has 0 spiro atoms. The maximum Gasteiger partial charge on any atom is 0.248 e. The van der Waals surface area contributed by atoms with Gasteiger partial charge in [-0.1, -0.05) is 30.3 Å². The molecule has 0 saturated carbocycles. The number of halogens is 1. The van der Waals surface area contributed by atoms with E-state index in [0.29, 0.717) is 6.61 Å². The van der Waals surface area contributed by atoms with Crippen molar-refractivity contribution >= 4 is 18.3 Å².